The van der Waals surface area contributed by atoms with E-state index < -0.39 is 0 Å². The van der Waals surface area contributed by atoms with E-state index in [9.17, 15) is 14.4 Å². The van der Waals surface area contributed by atoms with E-state index in [1.54, 1.807) is 29.2 Å². The van der Waals surface area contributed by atoms with E-state index in [1.807, 2.05) is 30.0 Å². The molecule has 2 aliphatic heterocycles. The maximum absolute atomic E-state index is 13.0. The van der Waals surface area contributed by atoms with Gasteiger partial charge in [-0.1, -0.05) is 12.1 Å². The van der Waals surface area contributed by atoms with E-state index in [0.29, 0.717) is 48.0 Å². The summed E-state index contributed by atoms with van der Waals surface area (Å²) in [5, 5.41) is 2.92. The monoisotopic (exact) mass is 465 g/mol. The Morgan fingerprint density at radius 3 is 2.47 bits per heavy atom. The Kier molecular flexibility index (Phi) is 7.67. The first-order valence-electron chi connectivity index (χ1n) is 11.9. The molecule has 3 amide bonds. The van der Waals surface area contributed by atoms with Crippen LogP contribution < -0.4 is 19.7 Å². The highest BCUT2D eigenvalue weighted by Crippen LogP contribution is 2.32. The van der Waals surface area contributed by atoms with E-state index in [2.05, 4.69) is 5.32 Å². The van der Waals surface area contributed by atoms with Crippen LogP contribution in [0.4, 0.5) is 11.4 Å². The van der Waals surface area contributed by atoms with E-state index in [-0.39, 0.29) is 24.3 Å². The average molecular weight is 466 g/mol. The Bertz CT molecular complexity index is 1050. The summed E-state index contributed by atoms with van der Waals surface area (Å²) >= 11 is 0. The van der Waals surface area contributed by atoms with Crippen molar-refractivity contribution in [1.82, 2.24) is 4.90 Å². The van der Waals surface area contributed by atoms with Crippen molar-refractivity contribution in [2.75, 3.05) is 43.1 Å². The third kappa shape index (κ3) is 5.50. The van der Waals surface area contributed by atoms with Gasteiger partial charge in [0.1, 0.15) is 0 Å². The summed E-state index contributed by atoms with van der Waals surface area (Å²) < 4.78 is 11.5. The van der Waals surface area contributed by atoms with Gasteiger partial charge in [-0.3, -0.25) is 14.4 Å². The Balaban J connectivity index is 1.46. The summed E-state index contributed by atoms with van der Waals surface area (Å²) in [6.45, 7) is 4.35. The van der Waals surface area contributed by atoms with Crippen LogP contribution in [-0.2, 0) is 9.59 Å². The van der Waals surface area contributed by atoms with Crippen LogP contribution in [0.3, 0.4) is 0 Å². The van der Waals surface area contributed by atoms with E-state index in [0.717, 1.165) is 38.8 Å². The number of carbonyl (C=O) groups is 3. The Hall–Kier alpha value is -3.55. The Morgan fingerprint density at radius 1 is 0.941 bits per heavy atom. The zero-order chi connectivity index (χ0) is 23.9. The molecule has 2 fully saturated rings. The second kappa shape index (κ2) is 11.0. The zero-order valence-corrected chi connectivity index (χ0v) is 19.5. The second-order valence-electron chi connectivity index (χ2n) is 8.44. The predicted molar refractivity (Wildman–Crippen MR) is 130 cm³/mol. The molecule has 0 aromatic heterocycles. The first-order chi connectivity index (χ1) is 16.6. The van der Waals surface area contributed by atoms with E-state index >= 15 is 0 Å². The molecule has 0 unspecified atom stereocenters. The number of nitrogens with zero attached hydrogens (tertiary/aromatic N) is 2. The molecule has 8 heteroatoms. The van der Waals surface area contributed by atoms with Gasteiger partial charge in [-0.25, -0.2) is 0 Å². The van der Waals surface area contributed by atoms with Gasteiger partial charge in [-0.2, -0.15) is 0 Å². The molecule has 4 rings (SSSR count). The number of benzene rings is 2. The molecule has 2 saturated heterocycles. The van der Waals surface area contributed by atoms with E-state index in [1.165, 1.54) is 0 Å². The number of hydrogen-bond donors (Lipinski definition) is 1. The normalized spacial score (nSPS) is 15.9. The van der Waals surface area contributed by atoms with Gasteiger partial charge in [0.25, 0.3) is 11.8 Å². The first kappa shape index (κ1) is 23.6. The van der Waals surface area contributed by atoms with Gasteiger partial charge >= 0.3 is 0 Å². The summed E-state index contributed by atoms with van der Waals surface area (Å²) in [6.07, 6.45) is 4.52. The molecule has 180 valence electrons. The molecule has 1 N–H and O–H groups in total. The molecule has 0 spiro atoms. The van der Waals surface area contributed by atoms with Crippen LogP contribution in [0.2, 0.25) is 0 Å². The fraction of sp³-hybridized carbons (Fsp3) is 0.423. The second-order valence-corrected chi connectivity index (χ2v) is 8.44. The lowest BCUT2D eigenvalue weighted by molar-refractivity contribution is -0.134. The van der Waals surface area contributed by atoms with Crippen molar-refractivity contribution in [2.24, 2.45) is 0 Å². The van der Waals surface area contributed by atoms with Crippen LogP contribution in [0, 0.1) is 0 Å². The summed E-state index contributed by atoms with van der Waals surface area (Å²) in [4.78, 5) is 41.2. The summed E-state index contributed by atoms with van der Waals surface area (Å²) in [6, 6.07) is 12.2. The van der Waals surface area contributed by atoms with Crippen LogP contribution in [0.15, 0.2) is 42.5 Å². The molecule has 0 aliphatic carbocycles. The number of piperidine rings is 1. The molecular weight excluding hydrogens is 434 g/mol. The molecule has 2 aromatic rings. The van der Waals surface area contributed by atoms with Crippen molar-refractivity contribution >= 4 is 29.1 Å². The molecule has 2 heterocycles. The fourth-order valence-electron chi connectivity index (χ4n) is 4.32. The Morgan fingerprint density at radius 2 is 1.74 bits per heavy atom. The minimum atomic E-state index is -0.323. The molecule has 2 aromatic carbocycles. The van der Waals surface area contributed by atoms with Crippen molar-refractivity contribution in [3.8, 4) is 11.5 Å². The third-order valence-corrected chi connectivity index (χ3v) is 6.08. The maximum Gasteiger partial charge on any atom is 0.260 e. The number of hydrogen-bond acceptors (Lipinski definition) is 5. The minimum Gasteiger partial charge on any atom is -0.490 e. The van der Waals surface area contributed by atoms with Gasteiger partial charge < -0.3 is 24.6 Å². The van der Waals surface area contributed by atoms with Gasteiger partial charge in [0.2, 0.25) is 5.91 Å². The first-order valence-corrected chi connectivity index (χ1v) is 11.9. The molecule has 2 aliphatic rings. The van der Waals surface area contributed by atoms with Gasteiger partial charge in [0.15, 0.2) is 18.1 Å². The van der Waals surface area contributed by atoms with Crippen LogP contribution in [0.25, 0.3) is 0 Å². The molecule has 0 atom stereocenters. The molecule has 34 heavy (non-hydrogen) atoms. The lowest BCUT2D eigenvalue weighted by Crippen LogP contribution is -2.38. The van der Waals surface area contributed by atoms with E-state index in [4.69, 9.17) is 9.47 Å². The topological polar surface area (TPSA) is 88.2 Å². The van der Waals surface area contributed by atoms with Gasteiger partial charge in [0, 0.05) is 31.6 Å². The molecule has 0 radical (unpaired) electrons. The molecule has 8 nitrogen and oxygen atoms in total. The fourth-order valence-corrected chi connectivity index (χ4v) is 4.32. The number of ether oxygens (including phenoxy) is 2. The highest BCUT2D eigenvalue weighted by atomic mass is 16.5. The maximum atomic E-state index is 13.0. The quantitative estimate of drug-likeness (QED) is 0.640. The largest absolute Gasteiger partial charge is 0.490 e. The number of amides is 3. The highest BCUT2D eigenvalue weighted by molar-refractivity contribution is 6.08. The van der Waals surface area contributed by atoms with Gasteiger partial charge in [-0.15, -0.1) is 0 Å². The van der Waals surface area contributed by atoms with Crippen molar-refractivity contribution in [2.45, 2.75) is 39.0 Å². The summed E-state index contributed by atoms with van der Waals surface area (Å²) in [5.41, 5.74) is 1.66. The number of nitrogens with one attached hydrogen (secondary N) is 1. The highest BCUT2D eigenvalue weighted by Gasteiger charge is 2.24. The smallest absolute Gasteiger partial charge is 0.260 e. The number of para-hydroxylation sites is 2. The van der Waals surface area contributed by atoms with Crippen molar-refractivity contribution in [3.63, 3.8) is 0 Å². The third-order valence-electron chi connectivity index (χ3n) is 6.08. The van der Waals surface area contributed by atoms with Crippen LogP contribution in [0.5, 0.6) is 11.5 Å². The van der Waals surface area contributed by atoms with Crippen molar-refractivity contribution in [3.05, 3.63) is 48.0 Å². The van der Waals surface area contributed by atoms with Crippen molar-refractivity contribution in [1.29, 1.82) is 0 Å². The Labute approximate surface area is 199 Å². The van der Waals surface area contributed by atoms with Crippen LogP contribution >= 0.6 is 0 Å². The zero-order valence-electron chi connectivity index (χ0n) is 19.5. The standard InChI is InChI=1S/C26H31N3O5/c1-2-33-23-17-19(12-13-22(23)34-18-25(31)28-14-6-3-7-15-28)26(32)27-20-9-4-5-10-21(20)29-16-8-11-24(29)30/h4-5,9-10,12-13,17H,2-3,6-8,11,14-16,18H2,1H3,(H,27,32). The lowest BCUT2D eigenvalue weighted by atomic mass is 10.1. The number of rotatable bonds is 8. The van der Waals surface area contributed by atoms with Crippen LogP contribution in [0.1, 0.15) is 49.4 Å². The molecule has 0 saturated carbocycles. The van der Waals surface area contributed by atoms with Crippen LogP contribution in [-0.4, -0.2) is 55.5 Å². The van der Waals surface area contributed by atoms with Gasteiger partial charge in [0.05, 0.1) is 18.0 Å². The van der Waals surface area contributed by atoms with Crippen molar-refractivity contribution < 1.29 is 23.9 Å². The number of likely N-dealkylation sites (tertiary alicyclic amines) is 1. The predicted octanol–water partition coefficient (Wildman–Crippen LogP) is 3.86. The lowest BCUT2D eigenvalue weighted by Gasteiger charge is -2.26. The summed E-state index contributed by atoms with van der Waals surface area (Å²) in [5.74, 6) is 0.519. The molecule has 0 bridgehead atoms. The van der Waals surface area contributed by atoms with Gasteiger partial charge in [-0.05, 0) is 62.9 Å². The average Bonchev–Trinajstić information content (AvgIpc) is 3.29. The molecular formula is C26H31N3O5. The number of carbonyl (C=O) groups excluding carboxylic acids is 3. The SMILES string of the molecule is CCOc1cc(C(=O)Nc2ccccc2N2CCCC2=O)ccc1OCC(=O)N1CCCCC1. The summed E-state index contributed by atoms with van der Waals surface area (Å²) in [7, 11) is 0. The number of anilines is 2. The minimum absolute atomic E-state index is 0.0444.